The van der Waals surface area contributed by atoms with E-state index >= 15 is 0 Å². The summed E-state index contributed by atoms with van der Waals surface area (Å²) in [7, 11) is 0. The average molecular weight is 677 g/mol. The molecule has 0 fully saturated rings. The van der Waals surface area contributed by atoms with Crippen LogP contribution in [0.3, 0.4) is 0 Å². The lowest BCUT2D eigenvalue weighted by Crippen LogP contribution is -2.11. The highest BCUT2D eigenvalue weighted by molar-refractivity contribution is 6.16. The van der Waals surface area contributed by atoms with E-state index in [-0.39, 0.29) is 0 Å². The number of nitrogens with zero attached hydrogens (tertiary/aromatic N) is 2. The van der Waals surface area contributed by atoms with Crippen molar-refractivity contribution in [2.45, 2.75) is 0 Å². The molecule has 0 aliphatic rings. The van der Waals surface area contributed by atoms with Crippen LogP contribution in [-0.2, 0) is 0 Å². The molecule has 0 N–H and O–H groups in total. The number of furan rings is 1. The summed E-state index contributed by atoms with van der Waals surface area (Å²) in [5, 5.41) is 9.43. The van der Waals surface area contributed by atoms with Crippen LogP contribution in [0.5, 0.6) is 0 Å². The molecule has 2 heterocycles. The van der Waals surface area contributed by atoms with Gasteiger partial charge in [0.2, 0.25) is 0 Å². The first-order valence-electron chi connectivity index (χ1n) is 18.1. The maximum atomic E-state index is 6.69. The molecule has 0 saturated heterocycles. The lowest BCUT2D eigenvalue weighted by Gasteiger charge is -2.28. The van der Waals surface area contributed by atoms with Crippen molar-refractivity contribution in [2.75, 3.05) is 4.90 Å². The standard InChI is InChI=1S/C50H32N2O/c1-2-16-35(17-3-1)51-45-24-10-8-21-40(45)43-32-34(28-30-47(43)51)36-29-31-46(39-20-7-6-19-38(36)39)52(44-25-12-15-33-14-4-5-18-37(33)44)48-26-13-23-42-41-22-9-11-27-49(41)53-50(42)48/h1-32H. The predicted molar refractivity (Wildman–Crippen MR) is 223 cm³/mol. The summed E-state index contributed by atoms with van der Waals surface area (Å²) in [6.07, 6.45) is 0. The third-order valence-electron chi connectivity index (χ3n) is 10.8. The van der Waals surface area contributed by atoms with Gasteiger partial charge in [0.1, 0.15) is 5.58 Å². The molecular formula is C50H32N2O. The van der Waals surface area contributed by atoms with Crippen LogP contribution < -0.4 is 4.90 Å². The van der Waals surface area contributed by atoms with Crippen molar-refractivity contribution < 1.29 is 4.42 Å². The molecule has 9 aromatic carbocycles. The van der Waals surface area contributed by atoms with Crippen LogP contribution in [0.1, 0.15) is 0 Å². The molecule has 11 aromatic rings. The van der Waals surface area contributed by atoms with Gasteiger partial charge in [-0.1, -0.05) is 140 Å². The molecule has 3 nitrogen and oxygen atoms in total. The van der Waals surface area contributed by atoms with Crippen LogP contribution in [-0.4, -0.2) is 4.57 Å². The van der Waals surface area contributed by atoms with Gasteiger partial charge in [-0.25, -0.2) is 0 Å². The zero-order chi connectivity index (χ0) is 34.9. The van der Waals surface area contributed by atoms with E-state index < -0.39 is 0 Å². The average Bonchev–Trinajstić information content (AvgIpc) is 3.77. The monoisotopic (exact) mass is 676 g/mol. The number of benzene rings is 9. The van der Waals surface area contributed by atoms with E-state index in [1.807, 2.05) is 6.07 Å². The van der Waals surface area contributed by atoms with Crippen LogP contribution in [0.15, 0.2) is 199 Å². The fraction of sp³-hybridized carbons (Fsp3) is 0. The molecule has 3 heteroatoms. The maximum absolute atomic E-state index is 6.69. The Kier molecular flexibility index (Phi) is 6.55. The van der Waals surface area contributed by atoms with Crippen molar-refractivity contribution in [3.05, 3.63) is 194 Å². The minimum absolute atomic E-state index is 0.870. The van der Waals surface area contributed by atoms with Crippen molar-refractivity contribution in [1.29, 1.82) is 0 Å². The Morgan fingerprint density at radius 2 is 1.00 bits per heavy atom. The first-order chi connectivity index (χ1) is 26.3. The minimum atomic E-state index is 0.870. The van der Waals surface area contributed by atoms with Crippen LogP contribution in [0.2, 0.25) is 0 Å². The second-order valence-electron chi connectivity index (χ2n) is 13.7. The lowest BCUT2D eigenvalue weighted by atomic mass is 9.95. The molecular weight excluding hydrogens is 645 g/mol. The zero-order valence-electron chi connectivity index (χ0n) is 28.8. The summed E-state index contributed by atoms with van der Waals surface area (Å²) in [5.41, 5.74) is 10.9. The lowest BCUT2D eigenvalue weighted by molar-refractivity contribution is 0.669. The molecule has 53 heavy (non-hydrogen) atoms. The SMILES string of the molecule is c1ccc(-n2c3ccccc3c3cc(-c4ccc(N(c5cccc6ccccc56)c5cccc6c5oc5ccccc56)c5ccccc45)ccc32)cc1. The van der Waals surface area contributed by atoms with E-state index in [0.29, 0.717) is 0 Å². The normalized spacial score (nSPS) is 11.8. The Labute approximate surface area is 306 Å². The number of para-hydroxylation sites is 4. The first kappa shape index (κ1) is 29.6. The highest BCUT2D eigenvalue weighted by Crippen LogP contribution is 2.47. The minimum Gasteiger partial charge on any atom is -0.454 e. The van der Waals surface area contributed by atoms with Gasteiger partial charge >= 0.3 is 0 Å². The van der Waals surface area contributed by atoms with Gasteiger partial charge in [0.05, 0.1) is 28.1 Å². The zero-order valence-corrected chi connectivity index (χ0v) is 28.8. The van der Waals surface area contributed by atoms with Gasteiger partial charge in [0.25, 0.3) is 0 Å². The Morgan fingerprint density at radius 1 is 0.377 bits per heavy atom. The summed E-state index contributed by atoms with van der Waals surface area (Å²) < 4.78 is 9.06. The summed E-state index contributed by atoms with van der Waals surface area (Å²) >= 11 is 0. The first-order valence-corrected chi connectivity index (χ1v) is 18.1. The van der Waals surface area contributed by atoms with Gasteiger partial charge in [-0.15, -0.1) is 0 Å². The van der Waals surface area contributed by atoms with E-state index in [0.717, 1.165) is 50.1 Å². The second-order valence-corrected chi connectivity index (χ2v) is 13.7. The maximum Gasteiger partial charge on any atom is 0.159 e. The van der Waals surface area contributed by atoms with E-state index in [1.165, 1.54) is 49.1 Å². The van der Waals surface area contributed by atoms with Crippen LogP contribution >= 0.6 is 0 Å². The molecule has 0 amide bonds. The van der Waals surface area contributed by atoms with Crippen molar-refractivity contribution >= 4 is 82.4 Å². The van der Waals surface area contributed by atoms with Crippen molar-refractivity contribution in [2.24, 2.45) is 0 Å². The Bertz CT molecular complexity index is 3180. The third-order valence-corrected chi connectivity index (χ3v) is 10.8. The molecule has 0 radical (unpaired) electrons. The van der Waals surface area contributed by atoms with Crippen LogP contribution in [0, 0.1) is 0 Å². The molecule has 0 spiro atoms. The van der Waals surface area contributed by atoms with E-state index in [9.17, 15) is 0 Å². The van der Waals surface area contributed by atoms with E-state index in [2.05, 4.69) is 198 Å². The number of anilines is 3. The van der Waals surface area contributed by atoms with Crippen molar-refractivity contribution in [3.63, 3.8) is 0 Å². The van der Waals surface area contributed by atoms with Crippen LogP contribution in [0.25, 0.3) is 82.1 Å². The summed E-state index contributed by atoms with van der Waals surface area (Å²) in [6.45, 7) is 0. The molecule has 2 aromatic heterocycles. The number of aromatic nitrogens is 1. The molecule has 0 aliphatic carbocycles. The van der Waals surface area contributed by atoms with Gasteiger partial charge in [-0.2, -0.15) is 0 Å². The second kappa shape index (κ2) is 11.7. The fourth-order valence-corrected chi connectivity index (χ4v) is 8.43. The van der Waals surface area contributed by atoms with Crippen molar-refractivity contribution in [3.8, 4) is 16.8 Å². The molecule has 0 saturated carbocycles. The van der Waals surface area contributed by atoms with Crippen LogP contribution in [0.4, 0.5) is 17.1 Å². The molecule has 0 unspecified atom stereocenters. The molecule has 0 bridgehead atoms. The van der Waals surface area contributed by atoms with Gasteiger partial charge in [0, 0.05) is 38.0 Å². The highest BCUT2D eigenvalue weighted by Gasteiger charge is 2.23. The molecule has 11 rings (SSSR count). The largest absolute Gasteiger partial charge is 0.454 e. The Hall–Kier alpha value is -7.10. The quantitative estimate of drug-likeness (QED) is 0.181. The molecule has 0 aliphatic heterocycles. The smallest absolute Gasteiger partial charge is 0.159 e. The van der Waals surface area contributed by atoms with E-state index in [1.54, 1.807) is 0 Å². The van der Waals surface area contributed by atoms with E-state index in [4.69, 9.17) is 4.42 Å². The predicted octanol–water partition coefficient (Wildman–Crippen LogP) is 14.1. The molecule has 248 valence electrons. The number of fused-ring (bicyclic) bond motifs is 8. The van der Waals surface area contributed by atoms with Gasteiger partial charge in [0.15, 0.2) is 5.58 Å². The Balaban J connectivity index is 1.16. The Morgan fingerprint density at radius 3 is 1.89 bits per heavy atom. The highest BCUT2D eigenvalue weighted by atomic mass is 16.3. The van der Waals surface area contributed by atoms with Gasteiger partial charge < -0.3 is 13.9 Å². The van der Waals surface area contributed by atoms with Gasteiger partial charge in [-0.3, -0.25) is 0 Å². The third kappa shape index (κ3) is 4.54. The number of hydrogen-bond acceptors (Lipinski definition) is 2. The fourth-order valence-electron chi connectivity index (χ4n) is 8.43. The summed E-state index contributed by atoms with van der Waals surface area (Å²) in [5.74, 6) is 0. The van der Waals surface area contributed by atoms with Crippen molar-refractivity contribution in [1.82, 2.24) is 4.57 Å². The number of rotatable bonds is 5. The summed E-state index contributed by atoms with van der Waals surface area (Å²) in [6, 6.07) is 69.7. The van der Waals surface area contributed by atoms with Gasteiger partial charge in [-0.05, 0) is 76.5 Å². The number of hydrogen-bond donors (Lipinski definition) is 0. The topological polar surface area (TPSA) is 21.3 Å². The summed E-state index contributed by atoms with van der Waals surface area (Å²) in [4.78, 5) is 2.40. The molecule has 0 atom stereocenters.